The summed E-state index contributed by atoms with van der Waals surface area (Å²) in [5.41, 5.74) is 0.687. The third-order valence-corrected chi connectivity index (χ3v) is 7.59. The van der Waals surface area contributed by atoms with Crippen LogP contribution in [0.25, 0.3) is 0 Å². The molecule has 2 N–H and O–H groups in total. The van der Waals surface area contributed by atoms with Crippen molar-refractivity contribution in [2.45, 2.75) is 28.2 Å². The molecular formula is C16H16N6O3S3. The van der Waals surface area contributed by atoms with Crippen LogP contribution in [-0.2, 0) is 14.8 Å². The molecule has 1 aliphatic rings. The number of hydrogen-bond acceptors (Lipinski definition) is 8. The van der Waals surface area contributed by atoms with Crippen LogP contribution in [0, 0.1) is 0 Å². The number of anilines is 2. The molecule has 2 aromatic heterocycles. The van der Waals surface area contributed by atoms with Crippen LogP contribution in [-0.4, -0.2) is 40.3 Å². The minimum atomic E-state index is -3.70. The van der Waals surface area contributed by atoms with E-state index in [1.165, 1.54) is 17.8 Å². The first-order valence-corrected chi connectivity index (χ1v) is 11.7. The van der Waals surface area contributed by atoms with E-state index >= 15 is 0 Å². The van der Waals surface area contributed by atoms with Gasteiger partial charge < -0.3 is 5.32 Å². The Morgan fingerprint density at radius 2 is 2.00 bits per heavy atom. The first-order chi connectivity index (χ1) is 13.5. The number of sulfonamides is 1. The fraction of sp³-hybridized carbons (Fsp3) is 0.250. The van der Waals surface area contributed by atoms with E-state index in [0.717, 1.165) is 24.2 Å². The van der Waals surface area contributed by atoms with Crippen LogP contribution in [0.15, 0.2) is 51.1 Å². The minimum Gasteiger partial charge on any atom is -0.324 e. The Balaban J connectivity index is 1.42. The SMILES string of the molecule is O=C(CSc1nnnn1C1CC1)Nc1ccccc1NS(=O)(=O)c1cccs1. The van der Waals surface area contributed by atoms with Crippen molar-refractivity contribution in [2.75, 3.05) is 15.8 Å². The fourth-order valence-electron chi connectivity index (χ4n) is 2.44. The number of nitrogens with one attached hydrogen (secondary N) is 2. The maximum Gasteiger partial charge on any atom is 0.271 e. The molecule has 28 heavy (non-hydrogen) atoms. The zero-order chi connectivity index (χ0) is 19.6. The molecule has 146 valence electrons. The van der Waals surface area contributed by atoms with Crippen LogP contribution in [0.1, 0.15) is 18.9 Å². The molecule has 0 bridgehead atoms. The topological polar surface area (TPSA) is 119 Å². The van der Waals surface area contributed by atoms with Crippen molar-refractivity contribution in [3.8, 4) is 0 Å². The zero-order valence-corrected chi connectivity index (χ0v) is 16.9. The molecule has 0 spiro atoms. The van der Waals surface area contributed by atoms with Crippen molar-refractivity contribution in [1.82, 2.24) is 20.2 Å². The van der Waals surface area contributed by atoms with Gasteiger partial charge in [-0.25, -0.2) is 13.1 Å². The molecular weight excluding hydrogens is 420 g/mol. The summed E-state index contributed by atoms with van der Waals surface area (Å²) in [5.74, 6) is -0.169. The largest absolute Gasteiger partial charge is 0.324 e. The molecule has 1 aliphatic carbocycles. The number of hydrogen-bond donors (Lipinski definition) is 2. The van der Waals surface area contributed by atoms with Crippen molar-refractivity contribution >= 4 is 50.4 Å². The number of carbonyl (C=O) groups is 1. The Hall–Kier alpha value is -2.44. The van der Waals surface area contributed by atoms with Crippen LogP contribution in [0.2, 0.25) is 0 Å². The number of carbonyl (C=O) groups excluding carboxylic acids is 1. The van der Waals surface area contributed by atoms with Crippen LogP contribution < -0.4 is 10.0 Å². The van der Waals surface area contributed by atoms with Gasteiger partial charge in [0.1, 0.15) is 4.21 Å². The number of aromatic nitrogens is 4. The highest BCUT2D eigenvalue weighted by Gasteiger charge is 2.28. The lowest BCUT2D eigenvalue weighted by Crippen LogP contribution is -2.18. The number of thioether (sulfide) groups is 1. The van der Waals surface area contributed by atoms with Crippen molar-refractivity contribution < 1.29 is 13.2 Å². The van der Waals surface area contributed by atoms with E-state index in [1.54, 1.807) is 40.4 Å². The summed E-state index contributed by atoms with van der Waals surface area (Å²) < 4.78 is 29.4. The minimum absolute atomic E-state index is 0.110. The van der Waals surface area contributed by atoms with Gasteiger partial charge in [0.2, 0.25) is 11.1 Å². The number of rotatable bonds is 8. The standard InChI is InChI=1S/C16H16N6O3S3/c23-14(10-27-16-18-20-21-22(16)11-7-8-11)17-12-4-1-2-5-13(12)19-28(24,25)15-6-3-9-26-15/h1-6,9,11,19H,7-8,10H2,(H,17,23). The quantitative estimate of drug-likeness (QED) is 0.521. The average Bonchev–Trinajstić information content (AvgIpc) is 3.17. The normalized spacial score (nSPS) is 14.0. The summed E-state index contributed by atoms with van der Waals surface area (Å²) in [4.78, 5) is 12.4. The molecule has 1 aromatic carbocycles. The van der Waals surface area contributed by atoms with Gasteiger partial charge in [-0.1, -0.05) is 30.0 Å². The van der Waals surface area contributed by atoms with E-state index < -0.39 is 10.0 Å². The van der Waals surface area contributed by atoms with Gasteiger partial charge in [-0.05, 0) is 46.8 Å². The second-order valence-corrected chi connectivity index (χ2v) is 9.86. The van der Waals surface area contributed by atoms with E-state index in [-0.39, 0.29) is 15.9 Å². The third kappa shape index (κ3) is 4.34. The summed E-state index contributed by atoms with van der Waals surface area (Å²) in [6, 6.07) is 10.2. The van der Waals surface area contributed by atoms with Gasteiger partial charge in [0.25, 0.3) is 10.0 Å². The molecule has 2 heterocycles. The second kappa shape index (κ2) is 7.89. The van der Waals surface area contributed by atoms with Gasteiger partial charge in [-0.2, -0.15) is 0 Å². The van der Waals surface area contributed by atoms with Crippen LogP contribution in [0.5, 0.6) is 0 Å². The summed E-state index contributed by atoms with van der Waals surface area (Å²) in [6.07, 6.45) is 2.09. The number of nitrogens with zero attached hydrogens (tertiary/aromatic N) is 4. The first-order valence-electron chi connectivity index (χ1n) is 8.39. The predicted octanol–water partition coefficient (Wildman–Crippen LogP) is 2.60. The Labute approximate surface area is 169 Å². The van der Waals surface area contributed by atoms with E-state index in [1.807, 2.05) is 0 Å². The second-order valence-electron chi connectivity index (χ2n) is 6.06. The average molecular weight is 437 g/mol. The Bertz CT molecular complexity index is 1080. The Morgan fingerprint density at radius 1 is 1.21 bits per heavy atom. The Kier molecular flexibility index (Phi) is 5.33. The van der Waals surface area contributed by atoms with Crippen LogP contribution in [0.3, 0.4) is 0 Å². The maximum absolute atomic E-state index is 12.4. The van der Waals surface area contributed by atoms with Crippen LogP contribution >= 0.6 is 23.1 Å². The number of tetrazole rings is 1. The summed E-state index contributed by atoms with van der Waals surface area (Å²) in [5, 5.41) is 16.6. The van der Waals surface area contributed by atoms with Gasteiger partial charge >= 0.3 is 0 Å². The first kappa shape index (κ1) is 18.9. The van der Waals surface area contributed by atoms with Crippen molar-refractivity contribution in [3.63, 3.8) is 0 Å². The third-order valence-electron chi connectivity index (χ3n) is 3.89. The van der Waals surface area contributed by atoms with Crippen molar-refractivity contribution in [1.29, 1.82) is 0 Å². The van der Waals surface area contributed by atoms with Gasteiger partial charge in [0.15, 0.2) is 0 Å². The molecule has 1 amide bonds. The number of para-hydroxylation sites is 2. The lowest BCUT2D eigenvalue weighted by atomic mass is 10.3. The van der Waals surface area contributed by atoms with Gasteiger partial charge in [0.05, 0.1) is 23.2 Å². The molecule has 3 aromatic rings. The molecule has 0 atom stereocenters. The van der Waals surface area contributed by atoms with Crippen molar-refractivity contribution in [3.05, 3.63) is 41.8 Å². The van der Waals surface area contributed by atoms with Crippen LogP contribution in [0.4, 0.5) is 11.4 Å². The number of benzene rings is 1. The van der Waals surface area contributed by atoms with E-state index in [4.69, 9.17) is 0 Å². The fourth-order valence-corrected chi connectivity index (χ4v) is 5.25. The zero-order valence-electron chi connectivity index (χ0n) is 14.5. The highest BCUT2D eigenvalue weighted by molar-refractivity contribution is 7.99. The van der Waals surface area contributed by atoms with Gasteiger partial charge in [0, 0.05) is 0 Å². The van der Waals surface area contributed by atoms with Gasteiger partial charge in [-0.3, -0.25) is 9.52 Å². The van der Waals surface area contributed by atoms with Crippen molar-refractivity contribution in [2.24, 2.45) is 0 Å². The number of amides is 1. The van der Waals surface area contributed by atoms with E-state index in [9.17, 15) is 13.2 Å². The molecule has 4 rings (SSSR count). The lowest BCUT2D eigenvalue weighted by Gasteiger charge is -2.12. The molecule has 9 nitrogen and oxygen atoms in total. The summed E-state index contributed by atoms with van der Waals surface area (Å²) in [6.45, 7) is 0. The van der Waals surface area contributed by atoms with Gasteiger partial charge in [-0.15, -0.1) is 16.4 Å². The Morgan fingerprint density at radius 3 is 2.71 bits per heavy atom. The highest BCUT2D eigenvalue weighted by Crippen LogP contribution is 2.36. The molecule has 12 heteroatoms. The molecule has 0 saturated heterocycles. The molecule has 1 saturated carbocycles. The molecule has 0 unspecified atom stereocenters. The highest BCUT2D eigenvalue weighted by atomic mass is 32.2. The maximum atomic E-state index is 12.4. The molecule has 0 radical (unpaired) electrons. The predicted molar refractivity (Wildman–Crippen MR) is 107 cm³/mol. The number of thiophene rings is 1. The molecule has 0 aliphatic heterocycles. The van der Waals surface area contributed by atoms with E-state index in [0.29, 0.717) is 22.6 Å². The lowest BCUT2D eigenvalue weighted by molar-refractivity contribution is -0.113. The van der Waals surface area contributed by atoms with E-state index in [2.05, 4.69) is 25.6 Å². The summed E-state index contributed by atoms with van der Waals surface area (Å²) in [7, 11) is -3.70. The summed E-state index contributed by atoms with van der Waals surface area (Å²) >= 11 is 2.37. The smallest absolute Gasteiger partial charge is 0.271 e. The molecule has 1 fully saturated rings. The monoisotopic (exact) mass is 436 g/mol.